The van der Waals surface area contributed by atoms with Crippen LogP contribution in [-0.4, -0.2) is 36.4 Å². The fourth-order valence-electron chi connectivity index (χ4n) is 3.81. The second-order valence-electron chi connectivity index (χ2n) is 8.12. The highest BCUT2D eigenvalue weighted by Crippen LogP contribution is 2.27. The van der Waals surface area contributed by atoms with Crippen LogP contribution < -0.4 is 9.47 Å². The number of methoxy groups -OCH3 is 1. The third-order valence-corrected chi connectivity index (χ3v) is 5.66. The van der Waals surface area contributed by atoms with Crippen LogP contribution >= 0.6 is 0 Å². The smallest absolute Gasteiger partial charge is 0.339 e. The van der Waals surface area contributed by atoms with E-state index in [4.69, 9.17) is 14.2 Å². The number of rotatable bonds is 10. The predicted octanol–water partition coefficient (Wildman–Crippen LogP) is 6.55. The molecule has 0 amide bonds. The van der Waals surface area contributed by atoms with Crippen molar-refractivity contribution in [3.05, 3.63) is 101 Å². The molecule has 0 fully saturated rings. The van der Waals surface area contributed by atoms with E-state index in [0.29, 0.717) is 29.0 Å². The minimum absolute atomic E-state index is 0.00297. The van der Waals surface area contributed by atoms with Crippen molar-refractivity contribution in [3.63, 3.8) is 0 Å². The lowest BCUT2D eigenvalue weighted by Gasteiger charge is -2.19. The van der Waals surface area contributed by atoms with Crippen molar-refractivity contribution in [2.24, 2.45) is 0 Å². The standard InChI is InChI=1S/C29H25F2NO5/c1-3-36-28(17-37-27-12-11-22(35-2)15-23(27)29(33)34)20-6-4-5-18(13-20)7-9-21-10-8-19-14-24(30)25(31)16-26(19)32-21/h4-16,28H,3,17H2,1-2H3,(H,33,34)/b9-7+/t28-/m0/s1. The molecule has 1 aromatic heterocycles. The number of carboxylic acid groups (broad SMARTS) is 1. The summed E-state index contributed by atoms with van der Waals surface area (Å²) in [6, 6.07) is 17.8. The highest BCUT2D eigenvalue weighted by Gasteiger charge is 2.17. The summed E-state index contributed by atoms with van der Waals surface area (Å²) >= 11 is 0. The molecule has 0 aliphatic rings. The van der Waals surface area contributed by atoms with Gasteiger partial charge in [0.05, 0.1) is 18.3 Å². The zero-order valence-electron chi connectivity index (χ0n) is 20.3. The first-order valence-electron chi connectivity index (χ1n) is 11.6. The van der Waals surface area contributed by atoms with Crippen LogP contribution in [0.1, 0.15) is 40.2 Å². The Hall–Kier alpha value is -4.30. The number of carbonyl (C=O) groups is 1. The molecule has 3 aromatic carbocycles. The van der Waals surface area contributed by atoms with Crippen LogP contribution in [0.3, 0.4) is 0 Å². The number of carboxylic acids is 1. The average molecular weight is 506 g/mol. The number of hydrogen-bond donors (Lipinski definition) is 1. The Morgan fingerprint density at radius 1 is 1.03 bits per heavy atom. The van der Waals surface area contributed by atoms with Gasteiger partial charge in [-0.3, -0.25) is 0 Å². The summed E-state index contributed by atoms with van der Waals surface area (Å²) in [5.74, 6) is -2.34. The lowest BCUT2D eigenvalue weighted by Crippen LogP contribution is -2.15. The van der Waals surface area contributed by atoms with Crippen LogP contribution in [-0.2, 0) is 4.74 Å². The molecular formula is C29H25F2NO5. The molecule has 1 heterocycles. The highest BCUT2D eigenvalue weighted by atomic mass is 19.2. The Balaban J connectivity index is 1.52. The topological polar surface area (TPSA) is 77.9 Å². The zero-order chi connectivity index (χ0) is 26.4. The Morgan fingerprint density at radius 2 is 1.84 bits per heavy atom. The van der Waals surface area contributed by atoms with Crippen LogP contribution in [0.15, 0.2) is 66.7 Å². The van der Waals surface area contributed by atoms with Gasteiger partial charge in [-0.1, -0.05) is 30.3 Å². The van der Waals surface area contributed by atoms with E-state index in [-0.39, 0.29) is 17.9 Å². The summed E-state index contributed by atoms with van der Waals surface area (Å²) in [6.07, 6.45) is 3.19. The Bertz CT molecular complexity index is 1450. The molecule has 1 atom stereocenters. The van der Waals surface area contributed by atoms with Gasteiger partial charge in [-0.25, -0.2) is 18.6 Å². The number of fused-ring (bicyclic) bond motifs is 1. The van der Waals surface area contributed by atoms with E-state index in [9.17, 15) is 18.7 Å². The fourth-order valence-corrected chi connectivity index (χ4v) is 3.81. The number of halogens is 2. The van der Waals surface area contributed by atoms with Crippen molar-refractivity contribution in [1.29, 1.82) is 0 Å². The van der Waals surface area contributed by atoms with Gasteiger partial charge in [0.25, 0.3) is 0 Å². The third-order valence-electron chi connectivity index (χ3n) is 5.66. The monoisotopic (exact) mass is 505 g/mol. The second kappa shape index (κ2) is 11.6. The first-order chi connectivity index (χ1) is 17.9. The molecule has 0 radical (unpaired) electrons. The number of pyridine rings is 1. The van der Waals surface area contributed by atoms with Gasteiger partial charge in [0.2, 0.25) is 0 Å². The van der Waals surface area contributed by atoms with Gasteiger partial charge in [-0.2, -0.15) is 0 Å². The molecule has 4 aromatic rings. The SMILES string of the molecule is CCO[C@@H](COc1ccc(OC)cc1C(=O)O)c1cccc(/C=C/c2ccc3cc(F)c(F)cc3n2)c1. The molecule has 1 N–H and O–H groups in total. The summed E-state index contributed by atoms with van der Waals surface area (Å²) in [5.41, 5.74) is 2.66. The largest absolute Gasteiger partial charge is 0.497 e. The van der Waals surface area contributed by atoms with E-state index in [1.165, 1.54) is 13.2 Å². The molecule has 6 nitrogen and oxygen atoms in total. The predicted molar refractivity (Wildman–Crippen MR) is 137 cm³/mol. The molecule has 0 saturated heterocycles. The summed E-state index contributed by atoms with van der Waals surface area (Å²) < 4.78 is 43.9. The first kappa shape index (κ1) is 25.8. The van der Waals surface area contributed by atoms with Gasteiger partial charge in [0.1, 0.15) is 29.8 Å². The van der Waals surface area contributed by atoms with Crippen LogP contribution in [0, 0.1) is 11.6 Å². The summed E-state index contributed by atoms with van der Waals surface area (Å²) in [4.78, 5) is 16.0. The molecule has 0 unspecified atom stereocenters. The van der Waals surface area contributed by atoms with Crippen molar-refractivity contribution < 1.29 is 32.9 Å². The normalized spacial score (nSPS) is 12.1. The number of nitrogens with zero attached hydrogens (tertiary/aromatic N) is 1. The summed E-state index contributed by atoms with van der Waals surface area (Å²) in [5, 5.41) is 10.0. The summed E-state index contributed by atoms with van der Waals surface area (Å²) in [7, 11) is 1.46. The lowest BCUT2D eigenvalue weighted by atomic mass is 10.1. The molecule has 37 heavy (non-hydrogen) atoms. The molecule has 190 valence electrons. The number of aromatic nitrogens is 1. The Labute approximate surface area is 212 Å². The van der Waals surface area contributed by atoms with E-state index < -0.39 is 23.7 Å². The second-order valence-corrected chi connectivity index (χ2v) is 8.12. The van der Waals surface area contributed by atoms with E-state index in [1.807, 2.05) is 37.3 Å². The molecule has 8 heteroatoms. The van der Waals surface area contributed by atoms with Crippen LogP contribution in [0.2, 0.25) is 0 Å². The van der Waals surface area contributed by atoms with Crippen LogP contribution in [0.25, 0.3) is 23.1 Å². The number of benzene rings is 3. The van der Waals surface area contributed by atoms with Crippen molar-refractivity contribution in [3.8, 4) is 11.5 Å². The van der Waals surface area contributed by atoms with E-state index >= 15 is 0 Å². The van der Waals surface area contributed by atoms with Gasteiger partial charge < -0.3 is 19.3 Å². The lowest BCUT2D eigenvalue weighted by molar-refractivity contribution is 0.0260. The molecule has 0 aliphatic heterocycles. The van der Waals surface area contributed by atoms with Gasteiger partial charge >= 0.3 is 5.97 Å². The molecule has 0 saturated carbocycles. The van der Waals surface area contributed by atoms with Crippen LogP contribution in [0.4, 0.5) is 8.78 Å². The van der Waals surface area contributed by atoms with Crippen molar-refractivity contribution in [2.45, 2.75) is 13.0 Å². The third kappa shape index (κ3) is 6.29. The van der Waals surface area contributed by atoms with Crippen molar-refractivity contribution in [2.75, 3.05) is 20.3 Å². The molecule has 0 aliphatic carbocycles. The first-order valence-corrected chi connectivity index (χ1v) is 11.6. The maximum Gasteiger partial charge on any atom is 0.339 e. The molecule has 4 rings (SSSR count). The van der Waals surface area contributed by atoms with Gasteiger partial charge in [-0.15, -0.1) is 0 Å². The van der Waals surface area contributed by atoms with Crippen molar-refractivity contribution >= 4 is 29.0 Å². The van der Waals surface area contributed by atoms with Crippen molar-refractivity contribution in [1.82, 2.24) is 4.98 Å². The minimum atomic E-state index is -1.12. The molecule has 0 bridgehead atoms. The van der Waals surface area contributed by atoms with E-state index in [1.54, 1.807) is 30.3 Å². The number of hydrogen-bond acceptors (Lipinski definition) is 5. The Morgan fingerprint density at radius 3 is 2.59 bits per heavy atom. The number of aromatic carboxylic acids is 1. The number of ether oxygens (including phenoxy) is 3. The fraction of sp³-hybridized carbons (Fsp3) is 0.172. The van der Waals surface area contributed by atoms with Gasteiger partial charge in [0, 0.05) is 18.1 Å². The molecular weight excluding hydrogens is 480 g/mol. The minimum Gasteiger partial charge on any atom is -0.497 e. The highest BCUT2D eigenvalue weighted by molar-refractivity contribution is 5.91. The zero-order valence-corrected chi connectivity index (χ0v) is 20.3. The maximum absolute atomic E-state index is 13.6. The van der Waals surface area contributed by atoms with Gasteiger partial charge in [-0.05, 0) is 60.5 Å². The molecule has 0 spiro atoms. The van der Waals surface area contributed by atoms with Crippen LogP contribution in [0.5, 0.6) is 11.5 Å². The van der Waals surface area contributed by atoms with E-state index in [0.717, 1.165) is 23.3 Å². The summed E-state index contributed by atoms with van der Waals surface area (Å²) in [6.45, 7) is 2.40. The van der Waals surface area contributed by atoms with E-state index in [2.05, 4.69) is 4.98 Å². The Kier molecular flexibility index (Phi) is 8.10. The quantitative estimate of drug-likeness (QED) is 0.263. The maximum atomic E-state index is 13.6. The average Bonchev–Trinajstić information content (AvgIpc) is 2.90. The van der Waals surface area contributed by atoms with Gasteiger partial charge in [0.15, 0.2) is 11.6 Å².